The lowest BCUT2D eigenvalue weighted by Crippen LogP contribution is -2.46. The molecule has 31 heavy (non-hydrogen) atoms. The number of amides is 1. The van der Waals surface area contributed by atoms with Crippen molar-refractivity contribution in [3.05, 3.63) is 77.9 Å². The van der Waals surface area contributed by atoms with Gasteiger partial charge in [0.15, 0.2) is 0 Å². The lowest BCUT2D eigenvalue weighted by Gasteiger charge is -2.37. The van der Waals surface area contributed by atoms with Crippen LogP contribution in [0.2, 0.25) is 0 Å². The number of carbonyl (C=O) groups is 1. The molecule has 3 aromatic carbocycles. The van der Waals surface area contributed by atoms with E-state index < -0.39 is 6.09 Å². The van der Waals surface area contributed by atoms with E-state index in [1.807, 2.05) is 36.4 Å². The van der Waals surface area contributed by atoms with E-state index in [4.69, 9.17) is 14.6 Å². The molecule has 0 aromatic heterocycles. The number of rotatable bonds is 7. The van der Waals surface area contributed by atoms with Gasteiger partial charge in [-0.3, -0.25) is 0 Å². The number of nitrogens with zero attached hydrogens (tertiary/aromatic N) is 1. The molecule has 4 rings (SSSR count). The van der Waals surface area contributed by atoms with Crippen LogP contribution in [-0.4, -0.2) is 53.6 Å². The average Bonchev–Trinajstić information content (AvgIpc) is 2.81. The summed E-state index contributed by atoms with van der Waals surface area (Å²) in [6.07, 6.45) is -0.447. The third-order valence-corrected chi connectivity index (χ3v) is 5.78. The molecule has 2 N–H and O–H groups in total. The minimum Gasteiger partial charge on any atom is -0.491 e. The number of aliphatic hydroxyl groups excluding tert-OH is 1. The Bertz CT molecular complexity index is 1020. The molecule has 0 radical (unpaired) electrons. The number of carboxylic acid groups (broad SMARTS) is 1. The summed E-state index contributed by atoms with van der Waals surface area (Å²) in [4.78, 5) is 13.0. The zero-order chi connectivity index (χ0) is 21.6. The second kappa shape index (κ2) is 9.81. The van der Waals surface area contributed by atoms with Crippen LogP contribution in [0, 0.1) is 0 Å². The largest absolute Gasteiger partial charge is 0.491 e. The molecule has 2 unspecified atom stereocenters. The standard InChI is InChI=1S/C25H27NO5/c27-13-14-30-22-9-7-20(8-10-22)23-11-12-26(25(28)29)16-24(23)31-17-18-5-6-19-3-1-2-4-21(19)15-18/h1-10,15,23-24,27H,11-14,16-17H2,(H,28,29). The van der Waals surface area contributed by atoms with Crippen LogP contribution in [0.3, 0.4) is 0 Å². The Morgan fingerprint density at radius 2 is 1.81 bits per heavy atom. The van der Waals surface area contributed by atoms with Crippen molar-refractivity contribution in [2.75, 3.05) is 26.3 Å². The van der Waals surface area contributed by atoms with Crippen LogP contribution in [0.4, 0.5) is 4.79 Å². The quantitative estimate of drug-likeness (QED) is 0.596. The first kappa shape index (κ1) is 21.2. The first-order chi connectivity index (χ1) is 15.1. The van der Waals surface area contributed by atoms with Crippen molar-refractivity contribution in [2.24, 2.45) is 0 Å². The number of benzene rings is 3. The summed E-state index contributed by atoms with van der Waals surface area (Å²) in [5.41, 5.74) is 2.17. The van der Waals surface area contributed by atoms with E-state index in [1.165, 1.54) is 10.3 Å². The Hall–Kier alpha value is -3.09. The van der Waals surface area contributed by atoms with Gasteiger partial charge in [0.05, 0.1) is 25.9 Å². The molecule has 1 heterocycles. The third kappa shape index (κ3) is 5.16. The zero-order valence-electron chi connectivity index (χ0n) is 17.3. The number of ether oxygens (including phenoxy) is 2. The molecule has 3 aromatic rings. The van der Waals surface area contributed by atoms with Gasteiger partial charge in [0.25, 0.3) is 0 Å². The number of hydrogen-bond donors (Lipinski definition) is 2. The number of likely N-dealkylation sites (tertiary alicyclic amines) is 1. The molecule has 0 spiro atoms. The summed E-state index contributed by atoms with van der Waals surface area (Å²) in [6, 6.07) is 22.2. The van der Waals surface area contributed by atoms with Gasteiger partial charge in [-0.15, -0.1) is 0 Å². The summed E-state index contributed by atoms with van der Waals surface area (Å²) in [6.45, 7) is 1.49. The Morgan fingerprint density at radius 3 is 2.55 bits per heavy atom. The smallest absolute Gasteiger partial charge is 0.407 e. The Morgan fingerprint density at radius 1 is 1.03 bits per heavy atom. The van der Waals surface area contributed by atoms with Crippen molar-refractivity contribution < 1.29 is 24.5 Å². The minimum absolute atomic E-state index is 0.0277. The minimum atomic E-state index is -0.912. The molecule has 2 atom stereocenters. The fourth-order valence-electron chi connectivity index (χ4n) is 4.15. The zero-order valence-corrected chi connectivity index (χ0v) is 17.3. The molecule has 1 saturated heterocycles. The van der Waals surface area contributed by atoms with Gasteiger partial charge in [-0.1, -0.05) is 48.5 Å². The second-order valence-corrected chi connectivity index (χ2v) is 7.80. The Labute approximate surface area is 181 Å². The van der Waals surface area contributed by atoms with Crippen LogP contribution >= 0.6 is 0 Å². The van der Waals surface area contributed by atoms with Crippen molar-refractivity contribution in [3.63, 3.8) is 0 Å². The molecule has 1 fully saturated rings. The van der Waals surface area contributed by atoms with Gasteiger partial charge in [0, 0.05) is 12.5 Å². The predicted octanol–water partition coefficient (Wildman–Crippen LogP) is 4.26. The van der Waals surface area contributed by atoms with Crippen molar-refractivity contribution in [3.8, 4) is 5.75 Å². The van der Waals surface area contributed by atoms with Crippen LogP contribution in [-0.2, 0) is 11.3 Å². The highest BCUT2D eigenvalue weighted by atomic mass is 16.5. The van der Waals surface area contributed by atoms with Crippen LogP contribution < -0.4 is 4.74 Å². The Kier molecular flexibility index (Phi) is 6.70. The number of fused-ring (bicyclic) bond motifs is 1. The monoisotopic (exact) mass is 421 g/mol. The molecule has 0 saturated carbocycles. The van der Waals surface area contributed by atoms with E-state index in [9.17, 15) is 9.90 Å². The van der Waals surface area contributed by atoms with Crippen LogP contribution in [0.15, 0.2) is 66.7 Å². The fourth-order valence-corrected chi connectivity index (χ4v) is 4.15. The Balaban J connectivity index is 1.49. The van der Waals surface area contributed by atoms with Gasteiger partial charge in [0.2, 0.25) is 0 Å². The molecule has 0 bridgehead atoms. The summed E-state index contributed by atoms with van der Waals surface area (Å²) >= 11 is 0. The van der Waals surface area contributed by atoms with Gasteiger partial charge in [-0.2, -0.15) is 0 Å². The van der Waals surface area contributed by atoms with Gasteiger partial charge >= 0.3 is 6.09 Å². The van der Waals surface area contributed by atoms with Gasteiger partial charge in [-0.05, 0) is 46.5 Å². The van der Waals surface area contributed by atoms with Crippen molar-refractivity contribution >= 4 is 16.9 Å². The van der Waals surface area contributed by atoms with Crippen LogP contribution in [0.1, 0.15) is 23.5 Å². The molecule has 6 nitrogen and oxygen atoms in total. The normalized spacial score (nSPS) is 18.8. The fraction of sp³-hybridized carbons (Fsp3) is 0.320. The predicted molar refractivity (Wildman–Crippen MR) is 119 cm³/mol. The lowest BCUT2D eigenvalue weighted by atomic mass is 9.87. The maximum absolute atomic E-state index is 11.5. The van der Waals surface area contributed by atoms with Gasteiger partial charge in [0.1, 0.15) is 12.4 Å². The van der Waals surface area contributed by atoms with E-state index >= 15 is 0 Å². The molecule has 0 aliphatic carbocycles. The van der Waals surface area contributed by atoms with Gasteiger partial charge < -0.3 is 24.6 Å². The number of hydrogen-bond acceptors (Lipinski definition) is 4. The topological polar surface area (TPSA) is 79.2 Å². The SMILES string of the molecule is O=C(O)N1CCC(c2ccc(OCCO)cc2)C(OCc2ccc3ccccc3c2)C1. The van der Waals surface area contributed by atoms with Crippen molar-refractivity contribution in [1.29, 1.82) is 0 Å². The van der Waals surface area contributed by atoms with Crippen molar-refractivity contribution in [1.82, 2.24) is 4.90 Å². The number of aliphatic hydroxyl groups is 1. The highest BCUT2D eigenvalue weighted by Gasteiger charge is 2.33. The molecular weight excluding hydrogens is 394 g/mol. The molecule has 1 aliphatic rings. The van der Waals surface area contributed by atoms with Gasteiger partial charge in [-0.25, -0.2) is 4.79 Å². The highest BCUT2D eigenvalue weighted by Crippen LogP contribution is 2.32. The van der Waals surface area contributed by atoms with Crippen LogP contribution in [0.25, 0.3) is 10.8 Å². The second-order valence-electron chi connectivity index (χ2n) is 7.80. The van der Waals surface area contributed by atoms with E-state index in [1.54, 1.807) is 0 Å². The molecule has 6 heteroatoms. The summed E-state index contributed by atoms with van der Waals surface area (Å²) in [5.74, 6) is 0.803. The lowest BCUT2D eigenvalue weighted by molar-refractivity contribution is -0.0199. The highest BCUT2D eigenvalue weighted by molar-refractivity contribution is 5.82. The first-order valence-corrected chi connectivity index (χ1v) is 10.5. The maximum Gasteiger partial charge on any atom is 0.407 e. The van der Waals surface area contributed by atoms with E-state index in [0.717, 1.165) is 16.5 Å². The summed E-state index contributed by atoms with van der Waals surface area (Å²) in [7, 11) is 0. The van der Waals surface area contributed by atoms with Crippen molar-refractivity contribution in [2.45, 2.75) is 25.0 Å². The maximum atomic E-state index is 11.5. The molecular formula is C25H27NO5. The molecule has 162 valence electrons. The molecule has 1 aliphatic heterocycles. The summed E-state index contributed by atoms with van der Waals surface area (Å²) in [5, 5.41) is 20.7. The van der Waals surface area contributed by atoms with E-state index in [2.05, 4.69) is 30.3 Å². The molecule has 1 amide bonds. The van der Waals surface area contributed by atoms with Crippen LogP contribution in [0.5, 0.6) is 5.75 Å². The van der Waals surface area contributed by atoms with E-state index in [0.29, 0.717) is 31.9 Å². The first-order valence-electron chi connectivity index (χ1n) is 10.5. The summed E-state index contributed by atoms with van der Waals surface area (Å²) < 4.78 is 11.7. The average molecular weight is 421 g/mol. The van der Waals surface area contributed by atoms with E-state index in [-0.39, 0.29) is 25.2 Å². The third-order valence-electron chi connectivity index (χ3n) is 5.78. The number of piperidine rings is 1.